The number of carbonyl (C=O) groups is 3. The standard InChI is InChI=1S/C37H64N7O17P3S/c1-4-5-6-7-8-9-10-11-12-13-14-15-16-17-28(46)65-21-20-39-27(45)18-19-40-35(49)32(48)37(2,3)23-58-64(55,56)61-63(53,54)57-22-26-31(60-62(50,51)52)30(47)36(59-26)44-25-43-29-33(38)41-24-42-34(29)44/h7-8,24-26,30-32,36,47-48H,4-6,9-23H2,1-3H3,(H,39,45)(H,40,49)(H,53,54)(H,55,56)(H2,38,41,42)(H2,50,51,52)/p-4/b8-7-/t26-,30-,31-,32+,36-/m1/s1. The molecule has 370 valence electrons. The van der Waals surface area contributed by atoms with E-state index in [-0.39, 0.29) is 41.6 Å². The third-order valence-electron chi connectivity index (χ3n) is 9.88. The van der Waals surface area contributed by atoms with E-state index in [9.17, 15) is 57.9 Å². The van der Waals surface area contributed by atoms with E-state index in [1.807, 2.05) is 0 Å². The van der Waals surface area contributed by atoms with Gasteiger partial charge in [0.05, 0.1) is 27.4 Å². The van der Waals surface area contributed by atoms with Gasteiger partial charge < -0.3 is 69.0 Å². The van der Waals surface area contributed by atoms with Gasteiger partial charge in [-0.3, -0.25) is 28.1 Å². The number of phosphoric ester groups is 3. The Morgan fingerprint density at radius 3 is 2.26 bits per heavy atom. The average Bonchev–Trinajstić information content (AvgIpc) is 3.79. The summed E-state index contributed by atoms with van der Waals surface area (Å²) in [6, 6.07) is 0. The second kappa shape index (κ2) is 27.3. The molecule has 0 radical (unpaired) electrons. The van der Waals surface area contributed by atoms with E-state index in [0.29, 0.717) is 12.2 Å². The lowest BCUT2D eigenvalue weighted by atomic mass is 9.87. The number of hydrogen-bond acceptors (Lipinski definition) is 22. The van der Waals surface area contributed by atoms with Crippen molar-refractivity contribution in [2.45, 2.75) is 135 Å². The number of nitrogen functional groups attached to an aromatic ring is 1. The van der Waals surface area contributed by atoms with Crippen molar-refractivity contribution < 1.29 is 80.5 Å². The average molecular weight is 1000 g/mol. The van der Waals surface area contributed by atoms with Gasteiger partial charge in [-0.05, 0) is 25.7 Å². The number of rotatable bonds is 32. The van der Waals surface area contributed by atoms with Gasteiger partial charge in [-0.15, -0.1) is 0 Å². The van der Waals surface area contributed by atoms with Crippen LogP contribution in [0, 0.1) is 5.41 Å². The molecule has 3 rings (SSSR count). The largest absolute Gasteiger partial charge is 0.790 e. The molecule has 0 bridgehead atoms. The third-order valence-corrected chi connectivity index (χ3v) is 13.8. The maximum Gasteiger partial charge on any atom is 0.274 e. The normalized spacial score (nSPS) is 20.4. The summed E-state index contributed by atoms with van der Waals surface area (Å²) in [5, 5.41) is 26.4. The molecule has 2 aromatic rings. The van der Waals surface area contributed by atoms with Crippen molar-refractivity contribution in [1.82, 2.24) is 30.2 Å². The Bertz CT molecular complexity index is 2010. The summed E-state index contributed by atoms with van der Waals surface area (Å²) in [4.78, 5) is 96.7. The predicted molar refractivity (Wildman–Crippen MR) is 228 cm³/mol. The second-order valence-electron chi connectivity index (χ2n) is 15.8. The first-order valence-electron chi connectivity index (χ1n) is 21.2. The summed E-state index contributed by atoms with van der Waals surface area (Å²) in [6.45, 7) is 2.36. The van der Waals surface area contributed by atoms with Crippen molar-refractivity contribution >= 4 is 69.1 Å². The molecule has 1 aliphatic heterocycles. The number of nitrogens with one attached hydrogen (secondary N) is 2. The van der Waals surface area contributed by atoms with Crippen LogP contribution in [0.3, 0.4) is 0 Å². The predicted octanol–water partition coefficient (Wildman–Crippen LogP) is 1.39. The number of carbonyl (C=O) groups excluding carboxylic acids is 3. The van der Waals surface area contributed by atoms with Crippen LogP contribution in [0.5, 0.6) is 0 Å². The minimum Gasteiger partial charge on any atom is -0.790 e. The van der Waals surface area contributed by atoms with Crippen molar-refractivity contribution in [2.75, 3.05) is 37.8 Å². The zero-order valence-electron chi connectivity index (χ0n) is 36.6. The molecule has 28 heteroatoms. The van der Waals surface area contributed by atoms with Crippen LogP contribution in [0.1, 0.15) is 110 Å². The smallest absolute Gasteiger partial charge is 0.274 e. The number of fused-ring (bicyclic) bond motifs is 1. The van der Waals surface area contributed by atoms with Crippen LogP contribution >= 0.6 is 35.2 Å². The number of anilines is 1. The lowest BCUT2D eigenvalue weighted by Gasteiger charge is -2.36. The highest BCUT2D eigenvalue weighted by molar-refractivity contribution is 8.13. The number of thioether (sulfide) groups is 1. The molecule has 1 saturated heterocycles. The molecular formula is C37H60N7O17P3S-4. The number of aliphatic hydroxyl groups is 2. The number of aliphatic hydroxyl groups excluding tert-OH is 2. The monoisotopic (exact) mass is 999 g/mol. The van der Waals surface area contributed by atoms with Gasteiger partial charge in [-0.2, -0.15) is 0 Å². The summed E-state index contributed by atoms with van der Waals surface area (Å²) in [5.74, 6) is -1.14. The fourth-order valence-corrected chi connectivity index (χ4v) is 9.77. The first kappa shape index (κ1) is 56.6. The number of amides is 2. The van der Waals surface area contributed by atoms with Crippen LogP contribution in [-0.4, -0.2) is 103 Å². The number of unbranched alkanes of at least 4 members (excludes halogenated alkanes) is 9. The summed E-state index contributed by atoms with van der Waals surface area (Å²) >= 11 is 1.14. The molecule has 1 aliphatic rings. The van der Waals surface area contributed by atoms with Crippen molar-refractivity contribution in [3.05, 3.63) is 24.8 Å². The molecule has 1 fully saturated rings. The number of phosphoric acid groups is 3. The molecule has 2 unspecified atom stereocenters. The van der Waals surface area contributed by atoms with E-state index in [4.69, 9.17) is 10.5 Å². The Hall–Kier alpha value is -2.70. The first-order valence-corrected chi connectivity index (χ1v) is 26.5. The number of aromatic nitrogens is 4. The van der Waals surface area contributed by atoms with E-state index in [0.717, 1.165) is 67.5 Å². The van der Waals surface area contributed by atoms with Gasteiger partial charge >= 0.3 is 0 Å². The fourth-order valence-electron chi connectivity index (χ4n) is 6.32. The Morgan fingerprint density at radius 1 is 0.938 bits per heavy atom. The topological polar surface area (TPSA) is 375 Å². The van der Waals surface area contributed by atoms with Crippen LogP contribution in [0.25, 0.3) is 11.2 Å². The van der Waals surface area contributed by atoms with Crippen molar-refractivity contribution in [3.63, 3.8) is 0 Å². The van der Waals surface area contributed by atoms with Crippen molar-refractivity contribution in [3.8, 4) is 0 Å². The maximum absolute atomic E-state index is 12.6. The number of nitrogens with two attached hydrogens (primary N) is 1. The van der Waals surface area contributed by atoms with E-state index in [1.54, 1.807) is 0 Å². The lowest BCUT2D eigenvalue weighted by Crippen LogP contribution is -2.46. The van der Waals surface area contributed by atoms with E-state index >= 15 is 0 Å². The van der Waals surface area contributed by atoms with Crippen molar-refractivity contribution in [2.24, 2.45) is 5.41 Å². The Balaban J connectivity index is 1.33. The van der Waals surface area contributed by atoms with Gasteiger partial charge in [-0.1, -0.05) is 89.6 Å². The van der Waals surface area contributed by atoms with E-state index in [2.05, 4.69) is 62.5 Å². The number of ether oxygens (including phenoxy) is 1. The van der Waals surface area contributed by atoms with Gasteiger partial charge in [0, 0.05) is 37.1 Å². The summed E-state index contributed by atoms with van der Waals surface area (Å²) in [6.07, 6.45) is 9.89. The molecule has 2 amide bonds. The minimum atomic E-state index is -5.92. The number of hydrogen-bond donors (Lipinski definition) is 5. The van der Waals surface area contributed by atoms with Gasteiger partial charge in [0.15, 0.2) is 22.8 Å². The zero-order valence-corrected chi connectivity index (χ0v) is 40.1. The first-order chi connectivity index (χ1) is 30.6. The highest BCUT2D eigenvalue weighted by Gasteiger charge is 2.47. The maximum atomic E-state index is 12.6. The van der Waals surface area contributed by atoms with Crippen molar-refractivity contribution in [1.29, 1.82) is 0 Å². The zero-order chi connectivity index (χ0) is 48.3. The van der Waals surface area contributed by atoms with Crippen LogP contribution in [0.15, 0.2) is 24.8 Å². The van der Waals surface area contributed by atoms with Gasteiger partial charge in [0.2, 0.25) is 11.8 Å². The Morgan fingerprint density at radius 2 is 1.58 bits per heavy atom. The van der Waals surface area contributed by atoms with Crippen LogP contribution < -0.4 is 35.9 Å². The third kappa shape index (κ3) is 20.6. The Labute approximate surface area is 381 Å². The van der Waals surface area contributed by atoms with Crippen LogP contribution in [0.2, 0.25) is 0 Å². The molecule has 2 aromatic heterocycles. The highest BCUT2D eigenvalue weighted by Crippen LogP contribution is 2.56. The molecular weight excluding hydrogens is 939 g/mol. The quantitative estimate of drug-likeness (QED) is 0.0393. The molecule has 0 aromatic carbocycles. The summed E-state index contributed by atoms with van der Waals surface area (Å²) in [7, 11) is -17.6. The molecule has 0 aliphatic carbocycles. The number of nitrogens with zero attached hydrogens (tertiary/aromatic N) is 4. The molecule has 0 spiro atoms. The molecule has 24 nitrogen and oxygen atoms in total. The Kier molecular flexibility index (Phi) is 23.8. The van der Waals surface area contributed by atoms with Gasteiger partial charge in [-0.25, -0.2) is 19.3 Å². The van der Waals surface area contributed by atoms with Crippen LogP contribution in [0.4, 0.5) is 5.82 Å². The molecule has 0 saturated carbocycles. The lowest BCUT2D eigenvalue weighted by molar-refractivity contribution is -0.347. The second-order valence-corrected chi connectivity index (χ2v) is 21.0. The molecule has 7 atom stereocenters. The molecule has 65 heavy (non-hydrogen) atoms. The fraction of sp³-hybridized carbons (Fsp3) is 0.730. The molecule has 3 heterocycles. The number of imidazole rings is 1. The van der Waals surface area contributed by atoms with E-state index in [1.165, 1.54) is 46.0 Å². The van der Waals surface area contributed by atoms with Crippen LogP contribution in [-0.2, 0) is 50.7 Å². The van der Waals surface area contributed by atoms with Gasteiger partial charge in [0.1, 0.15) is 36.3 Å². The highest BCUT2D eigenvalue weighted by atomic mass is 32.2. The summed E-state index contributed by atoms with van der Waals surface area (Å²) in [5.41, 5.74) is 4.09. The van der Waals surface area contributed by atoms with E-state index < -0.39 is 84.6 Å². The van der Waals surface area contributed by atoms with Gasteiger partial charge in [0.25, 0.3) is 15.6 Å². The number of allylic oxidation sites excluding steroid dienone is 2. The summed E-state index contributed by atoms with van der Waals surface area (Å²) < 4.78 is 60.8. The minimum absolute atomic E-state index is 0.0189. The molecule has 6 N–H and O–H groups in total. The SMILES string of the molecule is CCCC/C=C\CCCCCCCCCC(=O)SCCNC(=O)CCNC(=O)[C@H](O)C(C)(C)COP(=O)([O-])OP(=O)([O-])OC[C@H]1O[C@@H](n2cnc3c(N)ncnc32)[C@H](O)[C@@H]1OP(=O)([O-])[O-].